The minimum atomic E-state index is -1.23. The minimum absolute atomic E-state index is 0.105. The van der Waals surface area contributed by atoms with Gasteiger partial charge in [-0.05, 0) is 37.3 Å². The monoisotopic (exact) mass is 569 g/mol. The molecule has 4 aromatic rings. The Balaban J connectivity index is 1.51. The van der Waals surface area contributed by atoms with Crippen molar-refractivity contribution in [3.8, 4) is 16.9 Å². The molecule has 9 nitrogen and oxygen atoms in total. The number of hydrogen-bond acceptors (Lipinski definition) is 7. The van der Waals surface area contributed by atoms with Crippen LogP contribution in [0.15, 0.2) is 36.5 Å². The molecule has 1 aliphatic heterocycles. The van der Waals surface area contributed by atoms with Gasteiger partial charge in [0.15, 0.2) is 5.82 Å². The number of ether oxygens (including phenoxy) is 1. The molecule has 37 heavy (non-hydrogen) atoms. The molecule has 0 spiro atoms. The third-order valence-electron chi connectivity index (χ3n) is 5.83. The predicted molar refractivity (Wildman–Crippen MR) is 131 cm³/mol. The number of aliphatic hydroxyl groups excluding tert-OH is 2. The highest BCUT2D eigenvalue weighted by Gasteiger charge is 2.42. The fraction of sp³-hybridized carbons (Fsp3) is 0.261. The first-order valence-corrected chi connectivity index (χ1v) is 12.0. The van der Waals surface area contributed by atoms with E-state index in [1.165, 1.54) is 15.6 Å². The number of benzene rings is 2. The van der Waals surface area contributed by atoms with Gasteiger partial charge in [-0.1, -0.05) is 40.0 Å². The molecule has 3 heterocycles. The quantitative estimate of drug-likeness (QED) is 0.344. The van der Waals surface area contributed by atoms with Crippen LogP contribution in [-0.4, -0.2) is 58.8 Å². The molecule has 2 aromatic heterocycles. The van der Waals surface area contributed by atoms with Crippen molar-refractivity contribution in [3.63, 3.8) is 0 Å². The summed E-state index contributed by atoms with van der Waals surface area (Å²) in [7, 11) is 0. The van der Waals surface area contributed by atoms with Crippen molar-refractivity contribution in [1.29, 1.82) is 0 Å². The number of rotatable bonds is 5. The van der Waals surface area contributed by atoms with Gasteiger partial charge >= 0.3 is 0 Å². The average Bonchev–Trinajstić information content (AvgIpc) is 3.51. The van der Waals surface area contributed by atoms with E-state index in [0.717, 1.165) is 12.1 Å². The van der Waals surface area contributed by atoms with Crippen LogP contribution in [0.2, 0.25) is 15.1 Å². The van der Waals surface area contributed by atoms with Gasteiger partial charge in [-0.3, -0.25) is 0 Å². The first-order chi connectivity index (χ1) is 17.7. The first-order valence-electron chi connectivity index (χ1n) is 10.9. The van der Waals surface area contributed by atoms with Crippen molar-refractivity contribution in [2.75, 3.05) is 6.61 Å². The predicted octanol–water partition coefficient (Wildman–Crippen LogP) is 4.31. The number of aromatic nitrogens is 6. The van der Waals surface area contributed by atoms with E-state index < -0.39 is 47.6 Å². The van der Waals surface area contributed by atoms with Crippen molar-refractivity contribution in [2.45, 2.75) is 31.3 Å². The second kappa shape index (κ2) is 10.2. The molecule has 193 valence electrons. The second-order valence-corrected chi connectivity index (χ2v) is 9.54. The molecule has 0 saturated carbocycles. The molecule has 14 heteroatoms. The molecule has 5 rings (SSSR count). The van der Waals surface area contributed by atoms with Crippen LogP contribution in [0.5, 0.6) is 0 Å². The normalized spacial score (nSPS) is 21.9. The summed E-state index contributed by atoms with van der Waals surface area (Å²) in [6.45, 7) is 1.17. The zero-order valence-electron chi connectivity index (χ0n) is 18.9. The highest BCUT2D eigenvalue weighted by atomic mass is 35.5. The van der Waals surface area contributed by atoms with E-state index in [0.29, 0.717) is 27.4 Å². The molecule has 4 atom stereocenters. The maximum atomic E-state index is 14.0. The molecule has 0 aliphatic carbocycles. The summed E-state index contributed by atoms with van der Waals surface area (Å²) in [5.41, 5.74) is 0.705. The molecular weight excluding hydrogens is 553 g/mol. The molecule has 0 amide bonds. The van der Waals surface area contributed by atoms with Crippen LogP contribution >= 0.6 is 34.8 Å². The summed E-state index contributed by atoms with van der Waals surface area (Å²) >= 11 is 18.1. The Morgan fingerprint density at radius 2 is 1.84 bits per heavy atom. The number of hydrogen-bond donors (Lipinski definition) is 2. The third kappa shape index (κ3) is 4.95. The summed E-state index contributed by atoms with van der Waals surface area (Å²) in [6.07, 6.45) is -0.121. The summed E-state index contributed by atoms with van der Waals surface area (Å²) < 4.78 is 36.7. The van der Waals surface area contributed by atoms with Gasteiger partial charge in [0.05, 0.1) is 29.6 Å². The van der Waals surface area contributed by atoms with Crippen LogP contribution in [0.3, 0.4) is 0 Å². The lowest BCUT2D eigenvalue weighted by atomic mass is 9.95. The molecule has 1 fully saturated rings. The van der Waals surface area contributed by atoms with Crippen LogP contribution in [0.4, 0.5) is 8.78 Å². The summed E-state index contributed by atoms with van der Waals surface area (Å²) in [5.74, 6) is -1.15. The average molecular weight is 571 g/mol. The van der Waals surface area contributed by atoms with Gasteiger partial charge < -0.3 is 14.9 Å². The maximum absolute atomic E-state index is 14.0. The van der Waals surface area contributed by atoms with Crippen LogP contribution < -0.4 is 0 Å². The molecule has 1 saturated heterocycles. The van der Waals surface area contributed by atoms with Gasteiger partial charge in [0.25, 0.3) is 0 Å². The molecule has 0 unspecified atom stereocenters. The zero-order chi connectivity index (χ0) is 26.4. The van der Waals surface area contributed by atoms with Gasteiger partial charge in [-0.2, -0.15) is 5.10 Å². The van der Waals surface area contributed by atoms with Crippen LogP contribution in [-0.2, 0) is 4.74 Å². The molecule has 2 N–H and O–H groups in total. The summed E-state index contributed by atoms with van der Waals surface area (Å²) in [6, 6.07) is 6.07. The first kappa shape index (κ1) is 26.0. The number of halogens is 5. The molecule has 1 aliphatic rings. The molecule has 1 radical (unpaired) electrons. The van der Waals surface area contributed by atoms with Crippen molar-refractivity contribution < 1.29 is 23.7 Å². The van der Waals surface area contributed by atoms with Gasteiger partial charge in [0.1, 0.15) is 46.5 Å². The zero-order valence-corrected chi connectivity index (χ0v) is 21.2. The number of nitrogens with zero attached hydrogens (tertiary/aromatic N) is 6. The fourth-order valence-electron chi connectivity index (χ4n) is 4.07. The van der Waals surface area contributed by atoms with Crippen LogP contribution in [0.1, 0.15) is 23.8 Å². The van der Waals surface area contributed by atoms with Crippen molar-refractivity contribution in [3.05, 3.63) is 81.3 Å². The van der Waals surface area contributed by atoms with E-state index in [-0.39, 0.29) is 11.3 Å². The maximum Gasteiger partial charge on any atom is 0.161 e. The fourth-order valence-corrected chi connectivity index (χ4v) is 4.54. The summed E-state index contributed by atoms with van der Waals surface area (Å²) in [5, 5.41) is 33.4. The van der Waals surface area contributed by atoms with E-state index in [4.69, 9.17) is 39.5 Å². The smallest absolute Gasteiger partial charge is 0.161 e. The van der Waals surface area contributed by atoms with Crippen molar-refractivity contribution in [2.24, 2.45) is 0 Å². The Labute approximate surface area is 224 Å². The highest BCUT2D eigenvalue weighted by molar-refractivity contribution is 6.34. The van der Waals surface area contributed by atoms with Gasteiger partial charge in [0, 0.05) is 17.0 Å². The number of aliphatic hydroxyl groups is 2. The third-order valence-corrected chi connectivity index (χ3v) is 6.74. The van der Waals surface area contributed by atoms with Gasteiger partial charge in [0.2, 0.25) is 0 Å². The lowest BCUT2D eigenvalue weighted by molar-refractivity contribution is -0.136. The summed E-state index contributed by atoms with van der Waals surface area (Å²) in [4.78, 5) is 4.47. The topological polar surface area (TPSA) is 111 Å². The Bertz CT molecular complexity index is 1440. The standard InChI is InChI=1S/C23H18Cl3F2N6O3/c1-10-29-23(34(31-10)17-6-12(24)2-3-13(17)25)19-7-18(22(36)20(9-35)37-19)33-8-16(30-32-33)11-4-14(27)21(26)15(28)5-11/h2-8,18-20,22,35-36H,9H2,1H3/t18-,19-,20+,22+/m1/s1. The Hall–Kier alpha value is -2.67. The lowest BCUT2D eigenvalue weighted by Crippen LogP contribution is -2.46. The lowest BCUT2D eigenvalue weighted by Gasteiger charge is -2.37. The Kier molecular flexibility index (Phi) is 7.18. The molecule has 0 bridgehead atoms. The van der Waals surface area contributed by atoms with Crippen LogP contribution in [0.25, 0.3) is 16.9 Å². The Morgan fingerprint density at radius 1 is 1.11 bits per heavy atom. The van der Waals surface area contributed by atoms with Crippen molar-refractivity contribution >= 4 is 34.8 Å². The molecular formula is C23H18Cl3F2N6O3. The van der Waals surface area contributed by atoms with Gasteiger partial charge in [-0.15, -0.1) is 5.10 Å². The van der Waals surface area contributed by atoms with E-state index in [9.17, 15) is 19.0 Å². The molecule has 2 aromatic carbocycles. The highest BCUT2D eigenvalue weighted by Crippen LogP contribution is 2.38. The van der Waals surface area contributed by atoms with E-state index in [2.05, 4.69) is 20.4 Å². The van der Waals surface area contributed by atoms with Crippen molar-refractivity contribution in [1.82, 2.24) is 29.8 Å². The van der Waals surface area contributed by atoms with E-state index in [1.54, 1.807) is 31.5 Å². The van der Waals surface area contributed by atoms with Gasteiger partial charge in [-0.25, -0.2) is 23.1 Å². The SMILES string of the molecule is Cc1nc([C@H]2[CH][C@@H](n3cc(-c4cc(F)c(Cl)c(F)c4)nn3)[C@H](O)[C@H](CO)O2)n(-c2cc(Cl)ccc2Cl)n1. The van der Waals surface area contributed by atoms with Crippen LogP contribution in [0, 0.1) is 25.0 Å². The Morgan fingerprint density at radius 3 is 2.54 bits per heavy atom. The second-order valence-electron chi connectivity index (χ2n) is 8.31. The minimum Gasteiger partial charge on any atom is -0.394 e. The number of aryl methyl sites for hydroxylation is 1. The van der Waals surface area contributed by atoms with E-state index in [1.807, 2.05) is 0 Å². The largest absolute Gasteiger partial charge is 0.394 e. The van der Waals surface area contributed by atoms with E-state index >= 15 is 0 Å².